The van der Waals surface area contributed by atoms with Gasteiger partial charge in [0.25, 0.3) is 0 Å². The molecule has 1 fully saturated rings. The van der Waals surface area contributed by atoms with E-state index in [2.05, 4.69) is 15.1 Å². The molecule has 19 heavy (non-hydrogen) atoms. The van der Waals surface area contributed by atoms with Crippen molar-refractivity contribution in [2.75, 3.05) is 13.1 Å². The normalized spacial score (nSPS) is 21.6. The van der Waals surface area contributed by atoms with E-state index >= 15 is 0 Å². The zero-order chi connectivity index (χ0) is 13.1. The van der Waals surface area contributed by atoms with Crippen LogP contribution < -0.4 is 0 Å². The van der Waals surface area contributed by atoms with Gasteiger partial charge in [-0.3, -0.25) is 10.00 Å². The molecule has 2 atom stereocenters. The number of benzene rings is 1. The molecule has 1 aromatic heterocycles. The van der Waals surface area contributed by atoms with Crippen molar-refractivity contribution in [2.24, 2.45) is 0 Å². The van der Waals surface area contributed by atoms with Crippen LogP contribution in [0.15, 0.2) is 42.6 Å². The summed E-state index contributed by atoms with van der Waals surface area (Å²) in [6, 6.07) is 12.2. The number of β-amino-alcohol motifs (C(OH)–C–C–N with tert-alkyl or cyclic N) is 1. The lowest BCUT2D eigenvalue weighted by Gasteiger charge is -2.26. The lowest BCUT2D eigenvalue weighted by molar-refractivity contribution is 0.105. The summed E-state index contributed by atoms with van der Waals surface area (Å²) in [5.41, 5.74) is 2.13. The summed E-state index contributed by atoms with van der Waals surface area (Å²) in [5.74, 6) is 0. The standard InChI is InChI=1S/C15H19N3O/c19-15(12-5-2-1-3-6-12)11-18-10-4-7-14(18)13-8-9-16-17-13/h1-3,5-6,8-9,14-15,19H,4,7,10-11H2,(H,16,17)/t14-,15-/m1/s1. The van der Waals surface area contributed by atoms with Crippen molar-refractivity contribution in [1.29, 1.82) is 0 Å². The first-order chi connectivity index (χ1) is 9.34. The van der Waals surface area contributed by atoms with E-state index in [4.69, 9.17) is 0 Å². The van der Waals surface area contributed by atoms with E-state index in [1.54, 1.807) is 6.20 Å². The molecule has 2 aromatic rings. The number of aliphatic hydroxyl groups is 1. The summed E-state index contributed by atoms with van der Waals surface area (Å²) >= 11 is 0. The third kappa shape index (κ3) is 2.69. The molecule has 1 saturated heterocycles. The van der Waals surface area contributed by atoms with Gasteiger partial charge in [0.2, 0.25) is 0 Å². The van der Waals surface area contributed by atoms with E-state index < -0.39 is 6.10 Å². The Labute approximate surface area is 113 Å². The van der Waals surface area contributed by atoms with Crippen molar-refractivity contribution < 1.29 is 5.11 Å². The molecule has 0 unspecified atom stereocenters. The number of aliphatic hydroxyl groups excluding tert-OH is 1. The summed E-state index contributed by atoms with van der Waals surface area (Å²) < 4.78 is 0. The van der Waals surface area contributed by atoms with Gasteiger partial charge in [0, 0.05) is 12.7 Å². The Morgan fingerprint density at radius 3 is 2.89 bits per heavy atom. The summed E-state index contributed by atoms with van der Waals surface area (Å²) in [4.78, 5) is 2.34. The number of nitrogens with zero attached hydrogens (tertiary/aromatic N) is 2. The highest BCUT2D eigenvalue weighted by atomic mass is 16.3. The molecule has 2 N–H and O–H groups in total. The van der Waals surface area contributed by atoms with Gasteiger partial charge in [-0.05, 0) is 31.0 Å². The van der Waals surface area contributed by atoms with E-state index in [9.17, 15) is 5.11 Å². The van der Waals surface area contributed by atoms with Gasteiger partial charge in [-0.1, -0.05) is 30.3 Å². The molecule has 0 amide bonds. The predicted octanol–water partition coefficient (Wildman–Crippen LogP) is 2.28. The zero-order valence-corrected chi connectivity index (χ0v) is 10.9. The molecule has 0 radical (unpaired) electrons. The van der Waals surface area contributed by atoms with Crippen LogP contribution in [-0.4, -0.2) is 33.3 Å². The van der Waals surface area contributed by atoms with Crippen LogP contribution in [0.3, 0.4) is 0 Å². The number of rotatable bonds is 4. The molecule has 0 saturated carbocycles. The molecular formula is C15H19N3O. The van der Waals surface area contributed by atoms with E-state index in [-0.39, 0.29) is 0 Å². The molecule has 0 bridgehead atoms. The van der Waals surface area contributed by atoms with Crippen molar-refractivity contribution in [1.82, 2.24) is 15.1 Å². The Hall–Kier alpha value is -1.65. The van der Waals surface area contributed by atoms with E-state index in [0.29, 0.717) is 12.6 Å². The zero-order valence-electron chi connectivity index (χ0n) is 10.9. The average Bonchev–Trinajstić information content (AvgIpc) is 3.10. The summed E-state index contributed by atoms with van der Waals surface area (Å²) in [5, 5.41) is 17.4. The number of aromatic amines is 1. The molecule has 1 aliphatic rings. The van der Waals surface area contributed by atoms with Gasteiger partial charge < -0.3 is 5.11 Å². The second kappa shape index (κ2) is 5.55. The Kier molecular flexibility index (Phi) is 3.62. The fourth-order valence-electron chi connectivity index (χ4n) is 2.85. The maximum atomic E-state index is 10.3. The molecule has 100 valence electrons. The summed E-state index contributed by atoms with van der Waals surface area (Å²) in [7, 11) is 0. The number of hydrogen-bond acceptors (Lipinski definition) is 3. The fourth-order valence-corrected chi connectivity index (χ4v) is 2.85. The van der Waals surface area contributed by atoms with E-state index in [1.165, 1.54) is 6.42 Å². The maximum absolute atomic E-state index is 10.3. The summed E-state index contributed by atoms with van der Waals surface area (Å²) in [6.07, 6.45) is 3.67. The molecule has 4 heteroatoms. The van der Waals surface area contributed by atoms with Gasteiger partial charge in [-0.15, -0.1) is 0 Å². The Morgan fingerprint density at radius 2 is 2.16 bits per heavy atom. The fraction of sp³-hybridized carbons (Fsp3) is 0.400. The van der Waals surface area contributed by atoms with Crippen molar-refractivity contribution in [3.05, 3.63) is 53.9 Å². The Balaban J connectivity index is 1.69. The molecular weight excluding hydrogens is 238 g/mol. The van der Waals surface area contributed by atoms with Crippen LogP contribution in [0.5, 0.6) is 0 Å². The van der Waals surface area contributed by atoms with Crippen molar-refractivity contribution in [2.45, 2.75) is 25.0 Å². The molecule has 4 nitrogen and oxygen atoms in total. The summed E-state index contributed by atoms with van der Waals surface area (Å²) in [6.45, 7) is 1.71. The lowest BCUT2D eigenvalue weighted by Crippen LogP contribution is -2.28. The quantitative estimate of drug-likeness (QED) is 0.883. The van der Waals surface area contributed by atoms with Crippen LogP contribution in [0.1, 0.15) is 36.2 Å². The first-order valence-electron chi connectivity index (χ1n) is 6.81. The van der Waals surface area contributed by atoms with Crippen LogP contribution in [-0.2, 0) is 0 Å². The predicted molar refractivity (Wildman–Crippen MR) is 73.5 cm³/mol. The lowest BCUT2D eigenvalue weighted by atomic mass is 10.1. The monoisotopic (exact) mass is 257 g/mol. The van der Waals surface area contributed by atoms with Crippen LogP contribution in [0.25, 0.3) is 0 Å². The number of nitrogens with one attached hydrogen (secondary N) is 1. The first kappa shape index (κ1) is 12.4. The van der Waals surface area contributed by atoms with Gasteiger partial charge in [0.05, 0.1) is 17.8 Å². The topological polar surface area (TPSA) is 52.1 Å². The smallest absolute Gasteiger partial charge is 0.0917 e. The van der Waals surface area contributed by atoms with Gasteiger partial charge in [-0.2, -0.15) is 5.10 Å². The van der Waals surface area contributed by atoms with Crippen LogP contribution in [0.4, 0.5) is 0 Å². The van der Waals surface area contributed by atoms with E-state index in [1.807, 2.05) is 36.4 Å². The van der Waals surface area contributed by atoms with Crippen molar-refractivity contribution in [3.63, 3.8) is 0 Å². The third-order valence-corrected chi connectivity index (χ3v) is 3.84. The molecule has 1 aliphatic heterocycles. The molecule has 0 aliphatic carbocycles. The second-order valence-corrected chi connectivity index (χ2v) is 5.09. The van der Waals surface area contributed by atoms with Crippen LogP contribution >= 0.6 is 0 Å². The maximum Gasteiger partial charge on any atom is 0.0917 e. The minimum absolute atomic E-state index is 0.362. The number of hydrogen-bond donors (Lipinski definition) is 2. The van der Waals surface area contributed by atoms with Crippen LogP contribution in [0, 0.1) is 0 Å². The van der Waals surface area contributed by atoms with Crippen molar-refractivity contribution >= 4 is 0 Å². The third-order valence-electron chi connectivity index (χ3n) is 3.84. The SMILES string of the molecule is O[C@H](CN1CCC[C@@H]1c1ccn[nH]1)c1ccccc1. The van der Waals surface area contributed by atoms with Gasteiger partial charge in [0.1, 0.15) is 0 Å². The number of likely N-dealkylation sites (tertiary alicyclic amines) is 1. The molecule has 3 rings (SSSR count). The second-order valence-electron chi connectivity index (χ2n) is 5.09. The average molecular weight is 257 g/mol. The highest BCUT2D eigenvalue weighted by Gasteiger charge is 2.28. The molecule has 2 heterocycles. The molecule has 0 spiro atoms. The van der Waals surface area contributed by atoms with Gasteiger partial charge >= 0.3 is 0 Å². The molecule has 1 aromatic carbocycles. The minimum atomic E-state index is -0.426. The van der Waals surface area contributed by atoms with Crippen LogP contribution in [0.2, 0.25) is 0 Å². The highest BCUT2D eigenvalue weighted by molar-refractivity contribution is 5.18. The van der Waals surface area contributed by atoms with Gasteiger partial charge in [-0.25, -0.2) is 0 Å². The minimum Gasteiger partial charge on any atom is -0.387 e. The van der Waals surface area contributed by atoms with Crippen molar-refractivity contribution in [3.8, 4) is 0 Å². The number of aromatic nitrogens is 2. The number of H-pyrrole nitrogens is 1. The first-order valence-corrected chi connectivity index (χ1v) is 6.81. The van der Waals surface area contributed by atoms with Gasteiger partial charge in [0.15, 0.2) is 0 Å². The Bertz CT molecular complexity index is 497. The largest absolute Gasteiger partial charge is 0.387 e. The van der Waals surface area contributed by atoms with E-state index in [0.717, 1.165) is 24.2 Å². The Morgan fingerprint density at radius 1 is 1.32 bits per heavy atom. The highest BCUT2D eigenvalue weighted by Crippen LogP contribution is 2.32.